The van der Waals surface area contributed by atoms with Crippen LogP contribution in [0.2, 0.25) is 0 Å². The minimum absolute atomic E-state index is 0.189. The molecule has 5 rings (SSSR count). The summed E-state index contributed by atoms with van der Waals surface area (Å²) in [6, 6.07) is 19.6. The largest absolute Gasteiger partial charge is 0.352 e. The van der Waals surface area contributed by atoms with Crippen LogP contribution in [0.15, 0.2) is 66.9 Å². The average Bonchev–Trinajstić information content (AvgIpc) is 3.13. The normalized spacial score (nSPS) is 15.3. The number of carbonyl (C=O) groups is 3. The molecule has 2 aliphatic rings. The summed E-state index contributed by atoms with van der Waals surface area (Å²) in [5.74, 6) is -0.300. The zero-order valence-electron chi connectivity index (χ0n) is 18.3. The molecule has 3 amide bonds. The van der Waals surface area contributed by atoms with Crippen LogP contribution < -0.4 is 4.90 Å². The quantitative estimate of drug-likeness (QED) is 0.566. The number of nitrogens with zero attached hydrogens (tertiary/aromatic N) is 5. The number of aromatic nitrogens is 1. The molecule has 3 aromatic rings. The van der Waals surface area contributed by atoms with Gasteiger partial charge < -0.3 is 9.80 Å². The van der Waals surface area contributed by atoms with Crippen LogP contribution in [0.4, 0.5) is 5.82 Å². The van der Waals surface area contributed by atoms with Gasteiger partial charge in [-0.1, -0.05) is 30.3 Å². The second kappa shape index (κ2) is 8.79. The van der Waals surface area contributed by atoms with Crippen LogP contribution in [0.1, 0.15) is 42.2 Å². The summed E-state index contributed by atoms with van der Waals surface area (Å²) in [5, 5.41) is 9.32. The van der Waals surface area contributed by atoms with Crippen molar-refractivity contribution < 1.29 is 14.4 Å². The highest BCUT2D eigenvalue weighted by Crippen LogP contribution is 2.26. The number of benzene rings is 2. The number of pyridine rings is 1. The van der Waals surface area contributed by atoms with E-state index in [0.717, 1.165) is 5.56 Å². The Labute approximate surface area is 196 Å². The molecule has 0 unspecified atom stereocenters. The van der Waals surface area contributed by atoms with Gasteiger partial charge in [-0.25, -0.2) is 4.98 Å². The lowest BCUT2D eigenvalue weighted by Gasteiger charge is -2.35. The van der Waals surface area contributed by atoms with Crippen LogP contribution in [0.3, 0.4) is 0 Å². The van der Waals surface area contributed by atoms with Gasteiger partial charge in [0.15, 0.2) is 0 Å². The first kappa shape index (κ1) is 21.3. The highest BCUT2D eigenvalue weighted by Gasteiger charge is 2.36. The fourth-order valence-corrected chi connectivity index (χ4v) is 4.37. The molecule has 34 heavy (non-hydrogen) atoms. The minimum atomic E-state index is -0.387. The van der Waals surface area contributed by atoms with E-state index in [4.69, 9.17) is 0 Å². The van der Waals surface area contributed by atoms with Gasteiger partial charge in [-0.05, 0) is 35.9 Å². The van der Waals surface area contributed by atoms with Crippen molar-refractivity contribution in [1.82, 2.24) is 14.8 Å². The molecule has 0 atom stereocenters. The van der Waals surface area contributed by atoms with Crippen molar-refractivity contribution in [2.75, 3.05) is 31.1 Å². The summed E-state index contributed by atoms with van der Waals surface area (Å²) in [6.07, 6.45) is 1.65. The second-order valence-electron chi connectivity index (χ2n) is 8.21. The maximum atomic E-state index is 13.2. The smallest absolute Gasteiger partial charge is 0.261 e. The molecular weight excluding hydrogens is 430 g/mol. The molecule has 2 aliphatic heterocycles. The van der Waals surface area contributed by atoms with Gasteiger partial charge in [-0.2, -0.15) is 5.26 Å². The number of amides is 3. The summed E-state index contributed by atoms with van der Waals surface area (Å²) in [7, 11) is 0. The summed E-state index contributed by atoms with van der Waals surface area (Å²) in [5.41, 5.74) is 2.33. The Kier molecular flexibility index (Phi) is 5.52. The predicted octanol–water partition coefficient (Wildman–Crippen LogP) is 2.71. The van der Waals surface area contributed by atoms with E-state index in [1.807, 2.05) is 35.2 Å². The Bertz CT molecular complexity index is 1320. The minimum Gasteiger partial charge on any atom is -0.352 e. The molecule has 1 aromatic heterocycles. The van der Waals surface area contributed by atoms with Crippen molar-refractivity contribution >= 4 is 23.5 Å². The van der Waals surface area contributed by atoms with Crippen molar-refractivity contribution in [3.63, 3.8) is 0 Å². The third kappa shape index (κ3) is 3.77. The molecule has 1 saturated heterocycles. The van der Waals surface area contributed by atoms with E-state index >= 15 is 0 Å². The van der Waals surface area contributed by atoms with Gasteiger partial charge in [0.2, 0.25) is 0 Å². The summed E-state index contributed by atoms with van der Waals surface area (Å²) in [4.78, 5) is 48.2. The predicted molar refractivity (Wildman–Crippen MR) is 124 cm³/mol. The van der Waals surface area contributed by atoms with Crippen LogP contribution in [-0.4, -0.2) is 58.7 Å². The highest BCUT2D eigenvalue weighted by molar-refractivity contribution is 6.22. The van der Waals surface area contributed by atoms with Crippen molar-refractivity contribution in [2.45, 2.75) is 6.54 Å². The Morgan fingerprint density at radius 3 is 2.38 bits per heavy atom. The molecule has 8 heteroatoms. The average molecular weight is 451 g/mol. The monoisotopic (exact) mass is 451 g/mol. The molecule has 0 bridgehead atoms. The number of nitriles is 1. The molecule has 168 valence electrons. The lowest BCUT2D eigenvalue weighted by Crippen LogP contribution is -2.49. The van der Waals surface area contributed by atoms with Crippen molar-refractivity contribution in [2.24, 2.45) is 0 Å². The molecule has 0 spiro atoms. The Morgan fingerprint density at radius 2 is 1.65 bits per heavy atom. The van der Waals surface area contributed by atoms with Gasteiger partial charge in [0.05, 0.1) is 23.2 Å². The fraction of sp³-hybridized carbons (Fsp3) is 0.192. The first-order valence-electron chi connectivity index (χ1n) is 11.0. The number of rotatable bonds is 4. The van der Waals surface area contributed by atoms with E-state index in [-0.39, 0.29) is 29.8 Å². The van der Waals surface area contributed by atoms with Crippen LogP contribution >= 0.6 is 0 Å². The third-order valence-corrected chi connectivity index (χ3v) is 6.17. The number of piperazine rings is 1. The van der Waals surface area contributed by atoms with Crippen LogP contribution in [0.25, 0.3) is 0 Å². The third-order valence-electron chi connectivity index (χ3n) is 6.17. The SMILES string of the molecule is N#Cc1cccnc1N1CCN(C(=O)c2ccc3c(c2)C(=O)N(Cc2ccccc2)C3=O)CC1. The van der Waals surface area contributed by atoms with Crippen molar-refractivity contribution in [3.05, 3.63) is 94.7 Å². The van der Waals surface area contributed by atoms with Gasteiger partial charge >= 0.3 is 0 Å². The number of hydrogen-bond acceptors (Lipinski definition) is 6. The molecule has 0 saturated carbocycles. The lowest BCUT2D eigenvalue weighted by molar-refractivity contribution is 0.0642. The molecule has 0 aliphatic carbocycles. The number of anilines is 1. The van der Waals surface area contributed by atoms with E-state index in [1.54, 1.807) is 35.4 Å². The molecular formula is C26H21N5O3. The van der Waals surface area contributed by atoms with E-state index in [1.165, 1.54) is 11.0 Å². The van der Waals surface area contributed by atoms with Gasteiger partial charge in [0, 0.05) is 37.9 Å². The van der Waals surface area contributed by atoms with Gasteiger partial charge in [-0.15, -0.1) is 0 Å². The topological polar surface area (TPSA) is 97.6 Å². The fourth-order valence-electron chi connectivity index (χ4n) is 4.37. The Hall–Kier alpha value is -4.51. The molecule has 2 aromatic carbocycles. The first-order valence-corrected chi connectivity index (χ1v) is 11.0. The number of hydrogen-bond donors (Lipinski definition) is 0. The van der Waals surface area contributed by atoms with Gasteiger partial charge in [-0.3, -0.25) is 19.3 Å². The number of imide groups is 1. The van der Waals surface area contributed by atoms with E-state index in [0.29, 0.717) is 48.7 Å². The summed E-state index contributed by atoms with van der Waals surface area (Å²) in [6.45, 7) is 2.21. The zero-order valence-corrected chi connectivity index (χ0v) is 18.3. The molecule has 0 N–H and O–H groups in total. The summed E-state index contributed by atoms with van der Waals surface area (Å²) < 4.78 is 0. The van der Waals surface area contributed by atoms with Crippen molar-refractivity contribution in [1.29, 1.82) is 5.26 Å². The Morgan fingerprint density at radius 1 is 0.912 bits per heavy atom. The van der Waals surface area contributed by atoms with E-state index in [9.17, 15) is 19.6 Å². The number of carbonyl (C=O) groups excluding carboxylic acids is 3. The van der Waals surface area contributed by atoms with Crippen LogP contribution in [0.5, 0.6) is 0 Å². The molecule has 0 radical (unpaired) electrons. The maximum absolute atomic E-state index is 13.2. The molecule has 3 heterocycles. The van der Waals surface area contributed by atoms with E-state index in [2.05, 4.69) is 11.1 Å². The first-order chi connectivity index (χ1) is 16.6. The Balaban J connectivity index is 1.29. The zero-order chi connectivity index (χ0) is 23.7. The standard InChI is InChI=1S/C26H21N5O3/c27-16-20-7-4-10-28-23(20)29-11-13-30(14-12-29)24(32)19-8-9-21-22(15-19)26(34)31(25(21)33)17-18-5-2-1-3-6-18/h1-10,15H,11-14,17H2. The van der Waals surface area contributed by atoms with Crippen molar-refractivity contribution in [3.8, 4) is 6.07 Å². The lowest BCUT2D eigenvalue weighted by atomic mass is 10.0. The van der Waals surface area contributed by atoms with Crippen LogP contribution in [0, 0.1) is 11.3 Å². The maximum Gasteiger partial charge on any atom is 0.261 e. The summed E-state index contributed by atoms with van der Waals surface area (Å²) >= 11 is 0. The van der Waals surface area contributed by atoms with Gasteiger partial charge in [0.1, 0.15) is 11.9 Å². The van der Waals surface area contributed by atoms with Crippen LogP contribution in [-0.2, 0) is 6.54 Å². The van der Waals surface area contributed by atoms with Gasteiger partial charge in [0.25, 0.3) is 17.7 Å². The highest BCUT2D eigenvalue weighted by atomic mass is 16.2. The van der Waals surface area contributed by atoms with E-state index < -0.39 is 0 Å². The molecule has 1 fully saturated rings. The number of fused-ring (bicyclic) bond motifs is 1. The second-order valence-corrected chi connectivity index (χ2v) is 8.21. The molecule has 8 nitrogen and oxygen atoms in total.